The zero-order valence-electron chi connectivity index (χ0n) is 11.6. The van der Waals surface area contributed by atoms with E-state index in [1.165, 1.54) is 6.42 Å². The van der Waals surface area contributed by atoms with Crippen molar-refractivity contribution in [3.8, 4) is 0 Å². The molecule has 0 aliphatic heterocycles. The van der Waals surface area contributed by atoms with Crippen LogP contribution in [0.15, 0.2) is 0 Å². The maximum atomic E-state index is 6.07. The number of rotatable bonds is 6. The number of hydrogen-bond acceptors (Lipinski definition) is 4. The summed E-state index contributed by atoms with van der Waals surface area (Å²) in [7, 11) is 3.45. The highest BCUT2D eigenvalue weighted by atomic mass is 16.5. The van der Waals surface area contributed by atoms with Crippen LogP contribution in [0.5, 0.6) is 0 Å². The van der Waals surface area contributed by atoms with Gasteiger partial charge in [-0.3, -0.25) is 0 Å². The van der Waals surface area contributed by atoms with Crippen molar-refractivity contribution in [1.82, 2.24) is 0 Å². The summed E-state index contributed by atoms with van der Waals surface area (Å²) in [6.07, 6.45) is 5.04. The predicted molar refractivity (Wildman–Crippen MR) is 68.1 cm³/mol. The molecular formula is C13H27NO3. The number of ether oxygens (including phenoxy) is 3. The van der Waals surface area contributed by atoms with Gasteiger partial charge in [0.1, 0.15) is 0 Å². The van der Waals surface area contributed by atoms with Crippen LogP contribution in [0.4, 0.5) is 0 Å². The van der Waals surface area contributed by atoms with Gasteiger partial charge in [0, 0.05) is 14.2 Å². The minimum absolute atomic E-state index is 0.101. The van der Waals surface area contributed by atoms with Crippen molar-refractivity contribution in [1.29, 1.82) is 0 Å². The minimum Gasteiger partial charge on any atom is -0.381 e. The Morgan fingerprint density at radius 2 is 1.88 bits per heavy atom. The Balaban J connectivity index is 2.30. The van der Waals surface area contributed by atoms with Gasteiger partial charge in [0.2, 0.25) is 0 Å². The van der Waals surface area contributed by atoms with Crippen molar-refractivity contribution in [2.24, 2.45) is 5.73 Å². The molecule has 1 saturated carbocycles. The first-order valence-electron chi connectivity index (χ1n) is 6.44. The van der Waals surface area contributed by atoms with Crippen LogP contribution in [0, 0.1) is 0 Å². The summed E-state index contributed by atoms with van der Waals surface area (Å²) < 4.78 is 16.6. The summed E-state index contributed by atoms with van der Waals surface area (Å²) in [6, 6.07) is -0.101. The van der Waals surface area contributed by atoms with Crippen LogP contribution in [-0.4, -0.2) is 44.7 Å². The van der Waals surface area contributed by atoms with Crippen LogP contribution >= 0.6 is 0 Å². The van der Waals surface area contributed by atoms with Crippen LogP contribution in [0.1, 0.15) is 39.5 Å². The van der Waals surface area contributed by atoms with Crippen molar-refractivity contribution < 1.29 is 14.2 Å². The smallest absolute Gasteiger partial charge is 0.0795 e. The summed E-state index contributed by atoms with van der Waals surface area (Å²) >= 11 is 0. The van der Waals surface area contributed by atoms with E-state index < -0.39 is 0 Å². The lowest BCUT2D eigenvalue weighted by atomic mass is 9.94. The fourth-order valence-corrected chi connectivity index (χ4v) is 2.06. The largest absolute Gasteiger partial charge is 0.381 e. The first-order valence-corrected chi connectivity index (χ1v) is 6.44. The molecule has 0 amide bonds. The molecule has 1 fully saturated rings. The molecule has 0 saturated heterocycles. The van der Waals surface area contributed by atoms with Gasteiger partial charge >= 0.3 is 0 Å². The van der Waals surface area contributed by atoms with Crippen molar-refractivity contribution in [2.75, 3.05) is 20.8 Å². The van der Waals surface area contributed by atoms with Gasteiger partial charge in [-0.15, -0.1) is 0 Å². The van der Waals surface area contributed by atoms with E-state index in [0.717, 1.165) is 19.3 Å². The van der Waals surface area contributed by atoms with Crippen LogP contribution in [0.2, 0.25) is 0 Å². The Morgan fingerprint density at radius 3 is 2.47 bits per heavy atom. The Labute approximate surface area is 105 Å². The highest BCUT2D eigenvalue weighted by Crippen LogP contribution is 2.23. The quantitative estimate of drug-likeness (QED) is 0.774. The van der Waals surface area contributed by atoms with Gasteiger partial charge in [0.25, 0.3) is 0 Å². The first-order chi connectivity index (χ1) is 7.99. The molecule has 3 unspecified atom stereocenters. The van der Waals surface area contributed by atoms with Crippen molar-refractivity contribution in [3.05, 3.63) is 0 Å². The van der Waals surface area contributed by atoms with Crippen LogP contribution < -0.4 is 5.73 Å². The zero-order valence-corrected chi connectivity index (χ0v) is 11.6. The molecule has 0 bridgehead atoms. The molecule has 0 aromatic heterocycles. The lowest BCUT2D eigenvalue weighted by molar-refractivity contribution is -0.0663. The summed E-state index contributed by atoms with van der Waals surface area (Å²) in [5.74, 6) is 0. The van der Waals surface area contributed by atoms with Crippen LogP contribution in [0.25, 0.3) is 0 Å². The van der Waals surface area contributed by atoms with E-state index in [2.05, 4.69) is 0 Å². The van der Waals surface area contributed by atoms with E-state index in [1.807, 2.05) is 13.8 Å². The molecule has 0 radical (unpaired) electrons. The monoisotopic (exact) mass is 245 g/mol. The Hall–Kier alpha value is -0.160. The van der Waals surface area contributed by atoms with E-state index in [1.54, 1.807) is 14.2 Å². The topological polar surface area (TPSA) is 53.7 Å². The van der Waals surface area contributed by atoms with E-state index in [4.69, 9.17) is 19.9 Å². The zero-order chi connectivity index (χ0) is 12.9. The molecule has 2 N–H and O–H groups in total. The number of methoxy groups -OCH3 is 2. The molecule has 0 spiro atoms. The first kappa shape index (κ1) is 14.9. The summed E-state index contributed by atoms with van der Waals surface area (Å²) in [5.41, 5.74) is 5.73. The van der Waals surface area contributed by atoms with E-state index in [0.29, 0.717) is 12.7 Å². The maximum Gasteiger partial charge on any atom is 0.0795 e. The molecule has 1 aliphatic carbocycles. The second-order valence-corrected chi connectivity index (χ2v) is 5.39. The van der Waals surface area contributed by atoms with Gasteiger partial charge in [0.15, 0.2) is 0 Å². The summed E-state index contributed by atoms with van der Waals surface area (Å²) in [6.45, 7) is 4.52. The van der Waals surface area contributed by atoms with Crippen LogP contribution in [0.3, 0.4) is 0 Å². The standard InChI is InChI=1S/C13H27NO3/c1-13(2,16-4)12(14)9-17-11-7-5-6-10(8-11)15-3/h10-12H,5-9,14H2,1-4H3. The molecule has 0 heterocycles. The molecule has 1 rings (SSSR count). The molecule has 0 aromatic rings. The normalized spacial score (nSPS) is 28.1. The SMILES string of the molecule is COC1CCCC(OCC(N)C(C)(C)OC)C1. The van der Waals surface area contributed by atoms with Crippen molar-refractivity contribution >= 4 is 0 Å². The third-order valence-corrected chi connectivity index (χ3v) is 3.84. The fourth-order valence-electron chi connectivity index (χ4n) is 2.06. The summed E-state index contributed by atoms with van der Waals surface area (Å²) in [4.78, 5) is 0. The average Bonchev–Trinajstić information content (AvgIpc) is 2.36. The Kier molecular flexibility index (Phi) is 5.86. The second kappa shape index (κ2) is 6.69. The summed E-state index contributed by atoms with van der Waals surface area (Å²) in [5, 5.41) is 0. The molecule has 3 atom stereocenters. The van der Waals surface area contributed by atoms with Gasteiger partial charge in [-0.25, -0.2) is 0 Å². The van der Waals surface area contributed by atoms with Crippen molar-refractivity contribution in [3.63, 3.8) is 0 Å². The Morgan fingerprint density at radius 1 is 1.24 bits per heavy atom. The second-order valence-electron chi connectivity index (χ2n) is 5.39. The third kappa shape index (κ3) is 4.54. The highest BCUT2D eigenvalue weighted by molar-refractivity contribution is 4.83. The van der Waals surface area contributed by atoms with E-state index >= 15 is 0 Å². The lowest BCUT2D eigenvalue weighted by Gasteiger charge is -2.33. The van der Waals surface area contributed by atoms with Gasteiger partial charge in [0.05, 0.1) is 30.5 Å². The molecule has 4 nitrogen and oxygen atoms in total. The van der Waals surface area contributed by atoms with Gasteiger partial charge < -0.3 is 19.9 Å². The minimum atomic E-state index is -0.338. The number of nitrogens with two attached hydrogens (primary N) is 1. The van der Waals surface area contributed by atoms with E-state index in [-0.39, 0.29) is 17.7 Å². The highest BCUT2D eigenvalue weighted by Gasteiger charge is 2.28. The molecule has 17 heavy (non-hydrogen) atoms. The third-order valence-electron chi connectivity index (χ3n) is 3.84. The predicted octanol–water partition coefficient (Wildman–Crippen LogP) is 1.71. The average molecular weight is 245 g/mol. The van der Waals surface area contributed by atoms with Gasteiger partial charge in [-0.1, -0.05) is 0 Å². The molecular weight excluding hydrogens is 218 g/mol. The van der Waals surface area contributed by atoms with Gasteiger partial charge in [-0.05, 0) is 39.5 Å². The van der Waals surface area contributed by atoms with E-state index in [9.17, 15) is 0 Å². The molecule has 4 heteroatoms. The molecule has 102 valence electrons. The Bertz CT molecular complexity index is 221. The van der Waals surface area contributed by atoms with Crippen LogP contribution in [-0.2, 0) is 14.2 Å². The molecule has 0 aromatic carbocycles. The maximum absolute atomic E-state index is 6.07. The fraction of sp³-hybridized carbons (Fsp3) is 1.00. The molecule has 1 aliphatic rings. The van der Waals surface area contributed by atoms with Crippen molar-refractivity contribution in [2.45, 2.75) is 63.4 Å². The van der Waals surface area contributed by atoms with Gasteiger partial charge in [-0.2, -0.15) is 0 Å². The lowest BCUT2D eigenvalue weighted by Crippen LogP contribution is -2.48. The number of hydrogen-bond donors (Lipinski definition) is 1.